The minimum atomic E-state index is -0.814. The largest absolute Gasteiger partial charge is 0.462 e. The fraction of sp³-hybridized carbons (Fsp3) is 0.667. The second-order valence-corrected chi connectivity index (χ2v) is 22.0. The lowest BCUT2D eigenvalue weighted by Crippen LogP contribution is -2.30. The van der Waals surface area contributed by atoms with Crippen LogP contribution in [0.1, 0.15) is 303 Å². The molecule has 0 aromatic rings. The van der Waals surface area contributed by atoms with E-state index in [1.807, 2.05) is 0 Å². The van der Waals surface area contributed by atoms with Crippen molar-refractivity contribution < 1.29 is 28.6 Å². The van der Waals surface area contributed by atoms with E-state index in [1.165, 1.54) is 128 Å². The molecular weight excluding hydrogens is 997 g/mol. The SMILES string of the molecule is CC/C=C\C/C=C\C/C=C\C/C=C\C/C=C\C/C=C\C/C=C\CCCCCC(=O)OCC(COC(=O)CCCC/C=C\C/C=C\C/C=C\C/C=C\CC)OC(=O)CCCCCCCCCCCCCCCCCCCCCCCCC. The molecule has 0 saturated heterocycles. The van der Waals surface area contributed by atoms with Crippen molar-refractivity contribution in [2.75, 3.05) is 13.2 Å². The zero-order chi connectivity index (χ0) is 58.5. The maximum Gasteiger partial charge on any atom is 0.306 e. The summed E-state index contributed by atoms with van der Waals surface area (Å²) in [6.07, 6.45) is 96.2. The van der Waals surface area contributed by atoms with Gasteiger partial charge in [-0.2, -0.15) is 0 Å². The van der Waals surface area contributed by atoms with Gasteiger partial charge in [-0.3, -0.25) is 14.4 Å². The van der Waals surface area contributed by atoms with Crippen molar-refractivity contribution >= 4 is 17.9 Å². The molecule has 6 heteroatoms. The number of allylic oxidation sites excluding steroid dienone is 22. The van der Waals surface area contributed by atoms with E-state index in [4.69, 9.17) is 14.2 Å². The second-order valence-electron chi connectivity index (χ2n) is 22.0. The van der Waals surface area contributed by atoms with Gasteiger partial charge < -0.3 is 14.2 Å². The molecule has 0 aliphatic rings. The van der Waals surface area contributed by atoms with Gasteiger partial charge in [0.15, 0.2) is 6.10 Å². The summed E-state index contributed by atoms with van der Waals surface area (Å²) >= 11 is 0. The van der Waals surface area contributed by atoms with Crippen LogP contribution in [0.2, 0.25) is 0 Å². The molecule has 1 atom stereocenters. The van der Waals surface area contributed by atoms with Crippen molar-refractivity contribution in [1.29, 1.82) is 0 Å². The van der Waals surface area contributed by atoms with Crippen LogP contribution in [0.3, 0.4) is 0 Å². The van der Waals surface area contributed by atoms with Crippen LogP contribution in [-0.2, 0) is 28.6 Å². The van der Waals surface area contributed by atoms with Crippen molar-refractivity contribution in [2.24, 2.45) is 0 Å². The zero-order valence-electron chi connectivity index (χ0n) is 52.8. The van der Waals surface area contributed by atoms with Crippen molar-refractivity contribution in [3.63, 3.8) is 0 Å². The average molecular weight is 1120 g/mol. The molecular formula is C75H124O6. The number of unbranched alkanes of at least 4 members (excludes halogenated alkanes) is 27. The highest BCUT2D eigenvalue weighted by atomic mass is 16.6. The minimum Gasteiger partial charge on any atom is -0.462 e. The molecule has 0 rings (SSSR count). The number of hydrogen-bond donors (Lipinski definition) is 0. The van der Waals surface area contributed by atoms with Crippen LogP contribution in [0.25, 0.3) is 0 Å². The molecule has 0 fully saturated rings. The first kappa shape index (κ1) is 76.5. The Labute approximate surface area is 500 Å². The van der Waals surface area contributed by atoms with Gasteiger partial charge in [-0.25, -0.2) is 0 Å². The Hall–Kier alpha value is -4.45. The molecule has 0 aromatic heterocycles. The van der Waals surface area contributed by atoms with Crippen LogP contribution in [0, 0.1) is 0 Å². The number of carbonyl (C=O) groups excluding carboxylic acids is 3. The topological polar surface area (TPSA) is 78.9 Å². The zero-order valence-corrected chi connectivity index (χ0v) is 52.8. The van der Waals surface area contributed by atoms with Crippen molar-refractivity contribution in [1.82, 2.24) is 0 Å². The predicted octanol–water partition coefficient (Wildman–Crippen LogP) is 23.3. The summed E-state index contributed by atoms with van der Waals surface area (Å²) < 4.78 is 16.9. The van der Waals surface area contributed by atoms with Crippen LogP contribution >= 0.6 is 0 Å². The number of esters is 3. The lowest BCUT2D eigenvalue weighted by Gasteiger charge is -2.18. The highest BCUT2D eigenvalue weighted by Crippen LogP contribution is 2.17. The Bertz CT molecular complexity index is 1720. The normalized spacial score (nSPS) is 13.0. The number of carbonyl (C=O) groups is 3. The Morgan fingerprint density at radius 3 is 0.778 bits per heavy atom. The van der Waals surface area contributed by atoms with Crippen molar-refractivity contribution in [2.45, 2.75) is 309 Å². The number of hydrogen-bond acceptors (Lipinski definition) is 6. The summed E-state index contributed by atoms with van der Waals surface area (Å²) in [6, 6.07) is 0. The summed E-state index contributed by atoms with van der Waals surface area (Å²) in [6.45, 7) is 6.37. The van der Waals surface area contributed by atoms with E-state index < -0.39 is 6.10 Å². The highest BCUT2D eigenvalue weighted by Gasteiger charge is 2.19. The molecule has 6 nitrogen and oxygen atoms in total. The first-order valence-corrected chi connectivity index (χ1v) is 33.7. The standard InChI is InChI=1S/C75H124O6/c1-4-7-10-13-16-19-22-25-28-30-32-34-36-37-39-40-42-44-47-50-53-56-59-62-65-68-74(77)80-71-72(70-79-73(76)67-64-61-58-55-52-49-46-27-24-21-18-15-12-9-6-3)81-75(78)69-66-63-60-57-54-51-48-45-43-41-38-35-33-31-29-26-23-20-17-14-11-8-5-2/h7,9-10,12,16,18-19,21,25,27-28,32,34,37,39,42,44,46,50,52-53,55,72H,4-6,8,11,13-15,17,20,22-24,26,29-31,33,35-36,38,40-41,43,45,47-49,51,54,56-71H2,1-3H3/b10-7-,12-9-,19-16-,21-18-,28-25-,34-32-,39-37-,44-42-,46-27-,53-50-,55-52-. The smallest absolute Gasteiger partial charge is 0.306 e. The van der Waals surface area contributed by atoms with E-state index in [9.17, 15) is 14.4 Å². The van der Waals surface area contributed by atoms with Crippen molar-refractivity contribution in [3.05, 3.63) is 134 Å². The lowest BCUT2D eigenvalue weighted by atomic mass is 10.0. The first-order valence-electron chi connectivity index (χ1n) is 33.7. The molecule has 0 radical (unpaired) electrons. The molecule has 0 saturated carbocycles. The monoisotopic (exact) mass is 1120 g/mol. The first-order chi connectivity index (χ1) is 40.0. The number of rotatable bonds is 60. The molecule has 81 heavy (non-hydrogen) atoms. The lowest BCUT2D eigenvalue weighted by molar-refractivity contribution is -0.167. The van der Waals surface area contributed by atoms with Crippen LogP contribution in [0.5, 0.6) is 0 Å². The van der Waals surface area contributed by atoms with E-state index in [0.29, 0.717) is 25.7 Å². The third-order valence-corrected chi connectivity index (χ3v) is 14.2. The quantitative estimate of drug-likeness (QED) is 0.0261. The Morgan fingerprint density at radius 2 is 0.481 bits per heavy atom. The Balaban J connectivity index is 4.45. The summed E-state index contributed by atoms with van der Waals surface area (Å²) in [7, 11) is 0. The molecule has 0 aliphatic heterocycles. The number of ether oxygens (including phenoxy) is 3. The van der Waals surface area contributed by atoms with Gasteiger partial charge in [0.05, 0.1) is 0 Å². The van der Waals surface area contributed by atoms with E-state index in [-0.39, 0.29) is 31.1 Å². The van der Waals surface area contributed by atoms with Crippen LogP contribution in [0.4, 0.5) is 0 Å². The second kappa shape index (κ2) is 68.1. The van der Waals surface area contributed by atoms with E-state index in [0.717, 1.165) is 128 Å². The molecule has 0 spiro atoms. The van der Waals surface area contributed by atoms with Crippen LogP contribution < -0.4 is 0 Å². The van der Waals surface area contributed by atoms with Gasteiger partial charge in [-0.05, 0) is 116 Å². The predicted molar refractivity (Wildman–Crippen MR) is 353 cm³/mol. The highest BCUT2D eigenvalue weighted by molar-refractivity contribution is 5.71. The summed E-state index contributed by atoms with van der Waals surface area (Å²) in [5.41, 5.74) is 0. The molecule has 0 N–H and O–H groups in total. The van der Waals surface area contributed by atoms with Gasteiger partial charge in [0.2, 0.25) is 0 Å². The third-order valence-electron chi connectivity index (χ3n) is 14.2. The fourth-order valence-corrected chi connectivity index (χ4v) is 9.18. The van der Waals surface area contributed by atoms with Crippen LogP contribution in [-0.4, -0.2) is 37.2 Å². The fourth-order valence-electron chi connectivity index (χ4n) is 9.18. The molecule has 0 heterocycles. The van der Waals surface area contributed by atoms with Crippen LogP contribution in [0.15, 0.2) is 134 Å². The maximum atomic E-state index is 12.9. The Morgan fingerprint density at radius 1 is 0.259 bits per heavy atom. The summed E-state index contributed by atoms with van der Waals surface area (Å²) in [4.78, 5) is 38.4. The van der Waals surface area contributed by atoms with Gasteiger partial charge in [0.1, 0.15) is 13.2 Å². The minimum absolute atomic E-state index is 0.111. The van der Waals surface area contributed by atoms with Gasteiger partial charge in [-0.15, -0.1) is 0 Å². The van der Waals surface area contributed by atoms with E-state index in [2.05, 4.69) is 154 Å². The molecule has 0 aliphatic carbocycles. The van der Waals surface area contributed by atoms with Gasteiger partial charge in [-0.1, -0.05) is 302 Å². The average Bonchev–Trinajstić information content (AvgIpc) is 3.47. The van der Waals surface area contributed by atoms with Gasteiger partial charge in [0, 0.05) is 19.3 Å². The van der Waals surface area contributed by atoms with E-state index in [1.54, 1.807) is 0 Å². The van der Waals surface area contributed by atoms with E-state index >= 15 is 0 Å². The maximum absolute atomic E-state index is 12.9. The molecule has 460 valence electrons. The van der Waals surface area contributed by atoms with Gasteiger partial charge in [0.25, 0.3) is 0 Å². The summed E-state index contributed by atoms with van der Waals surface area (Å²) in [5.74, 6) is -0.975. The molecule has 1 unspecified atom stereocenters. The molecule has 0 bridgehead atoms. The summed E-state index contributed by atoms with van der Waals surface area (Å²) in [5, 5.41) is 0. The Kier molecular flexibility index (Phi) is 64.3. The molecule has 0 aromatic carbocycles. The van der Waals surface area contributed by atoms with Gasteiger partial charge >= 0.3 is 17.9 Å². The molecule has 0 amide bonds. The third kappa shape index (κ3) is 66.2. The van der Waals surface area contributed by atoms with Crippen molar-refractivity contribution in [3.8, 4) is 0 Å².